The van der Waals surface area contributed by atoms with E-state index in [4.69, 9.17) is 9.47 Å². The second-order valence-electron chi connectivity index (χ2n) is 7.09. The highest BCUT2D eigenvalue weighted by atomic mass is 16.5. The lowest BCUT2D eigenvalue weighted by Crippen LogP contribution is -2.47. The summed E-state index contributed by atoms with van der Waals surface area (Å²) in [6.07, 6.45) is 2.03. The molecule has 1 saturated heterocycles. The molecule has 5 heteroatoms. The molecule has 0 radical (unpaired) electrons. The van der Waals surface area contributed by atoms with E-state index in [1.165, 1.54) is 0 Å². The number of nitrogens with one attached hydrogen (secondary N) is 2. The van der Waals surface area contributed by atoms with Crippen molar-refractivity contribution >= 4 is 5.91 Å². The first-order valence-corrected chi connectivity index (χ1v) is 8.75. The van der Waals surface area contributed by atoms with Gasteiger partial charge in [0.15, 0.2) is 0 Å². The summed E-state index contributed by atoms with van der Waals surface area (Å²) >= 11 is 0. The molecule has 1 aliphatic heterocycles. The summed E-state index contributed by atoms with van der Waals surface area (Å²) in [4.78, 5) is 12.4. The molecule has 0 bridgehead atoms. The average Bonchev–Trinajstić information content (AvgIpc) is 2.59. The van der Waals surface area contributed by atoms with Crippen LogP contribution in [-0.4, -0.2) is 45.9 Å². The number of hydrogen-bond acceptors (Lipinski definition) is 4. The van der Waals surface area contributed by atoms with Crippen LogP contribution in [0.2, 0.25) is 0 Å². The first-order valence-electron chi connectivity index (χ1n) is 8.75. The molecule has 0 aromatic heterocycles. The van der Waals surface area contributed by atoms with E-state index >= 15 is 0 Å². The van der Waals surface area contributed by atoms with Crippen LogP contribution < -0.4 is 15.4 Å². The molecule has 1 aromatic carbocycles. The number of benzene rings is 1. The molecule has 1 amide bonds. The number of carbonyl (C=O) groups is 1. The Bertz CT molecular complexity index is 502. The van der Waals surface area contributed by atoms with Gasteiger partial charge in [-0.1, -0.05) is 13.8 Å². The first-order chi connectivity index (χ1) is 11.5. The van der Waals surface area contributed by atoms with Gasteiger partial charge in [-0.2, -0.15) is 0 Å². The van der Waals surface area contributed by atoms with E-state index in [0.717, 1.165) is 31.7 Å². The molecule has 0 unspecified atom stereocenters. The van der Waals surface area contributed by atoms with Gasteiger partial charge in [0, 0.05) is 24.6 Å². The van der Waals surface area contributed by atoms with Crippen molar-refractivity contribution in [2.75, 3.05) is 40.0 Å². The van der Waals surface area contributed by atoms with E-state index in [1.807, 2.05) is 24.3 Å². The first kappa shape index (κ1) is 18.7. The van der Waals surface area contributed by atoms with E-state index in [-0.39, 0.29) is 11.3 Å². The molecular formula is C19H30N2O3. The molecule has 0 spiro atoms. The quantitative estimate of drug-likeness (QED) is 0.767. The topological polar surface area (TPSA) is 59.6 Å². The minimum atomic E-state index is -0.0422. The highest BCUT2D eigenvalue weighted by Crippen LogP contribution is 2.28. The monoisotopic (exact) mass is 334 g/mol. The number of rotatable bonds is 8. The molecule has 1 aliphatic rings. The van der Waals surface area contributed by atoms with E-state index in [9.17, 15) is 4.79 Å². The third-order valence-electron chi connectivity index (χ3n) is 4.44. The molecule has 2 rings (SSSR count). The molecule has 1 heterocycles. The summed E-state index contributed by atoms with van der Waals surface area (Å²) in [7, 11) is 1.72. The summed E-state index contributed by atoms with van der Waals surface area (Å²) < 4.78 is 11.0. The molecule has 1 aromatic rings. The minimum Gasteiger partial charge on any atom is -0.493 e. The van der Waals surface area contributed by atoms with Crippen molar-refractivity contribution in [2.45, 2.75) is 26.7 Å². The molecule has 0 aliphatic carbocycles. The van der Waals surface area contributed by atoms with Gasteiger partial charge in [0.1, 0.15) is 5.75 Å². The van der Waals surface area contributed by atoms with Crippen molar-refractivity contribution in [3.05, 3.63) is 29.8 Å². The van der Waals surface area contributed by atoms with Crippen LogP contribution in [0.1, 0.15) is 37.0 Å². The van der Waals surface area contributed by atoms with E-state index in [1.54, 1.807) is 7.11 Å². The standard InChI is InChI=1S/C19H30N2O3/c1-15(2)12-24-17-6-4-16(5-7-17)18(22)21-13-19(14-23-3)8-10-20-11-9-19/h4-7,15,20H,8-14H2,1-3H3,(H,21,22). The molecule has 1 fully saturated rings. The second kappa shape index (κ2) is 9.04. The zero-order valence-corrected chi connectivity index (χ0v) is 15.1. The third kappa shape index (κ3) is 5.49. The molecule has 0 atom stereocenters. The van der Waals surface area contributed by atoms with Crippen molar-refractivity contribution in [3.63, 3.8) is 0 Å². The highest BCUT2D eigenvalue weighted by molar-refractivity contribution is 5.94. The minimum absolute atomic E-state index is 0.0377. The number of piperidine rings is 1. The predicted molar refractivity (Wildman–Crippen MR) is 95.5 cm³/mol. The van der Waals surface area contributed by atoms with Crippen LogP contribution in [0.25, 0.3) is 0 Å². The highest BCUT2D eigenvalue weighted by Gasteiger charge is 2.32. The number of carbonyl (C=O) groups excluding carboxylic acids is 1. The van der Waals surface area contributed by atoms with Crippen LogP contribution in [0.3, 0.4) is 0 Å². The SMILES string of the molecule is COCC1(CNC(=O)c2ccc(OCC(C)C)cc2)CCNCC1. The molecular weight excluding hydrogens is 304 g/mol. The van der Waals surface area contributed by atoms with Crippen LogP contribution >= 0.6 is 0 Å². The normalized spacial score (nSPS) is 16.8. The van der Waals surface area contributed by atoms with Gasteiger partial charge in [-0.25, -0.2) is 0 Å². The van der Waals surface area contributed by atoms with E-state index in [0.29, 0.717) is 31.2 Å². The summed E-state index contributed by atoms with van der Waals surface area (Å²) in [5.41, 5.74) is 0.698. The Kier molecular flexibility index (Phi) is 7.06. The fourth-order valence-corrected chi connectivity index (χ4v) is 2.97. The molecule has 24 heavy (non-hydrogen) atoms. The fraction of sp³-hybridized carbons (Fsp3) is 0.632. The lowest BCUT2D eigenvalue weighted by Gasteiger charge is -2.37. The zero-order chi connectivity index (χ0) is 17.4. The largest absolute Gasteiger partial charge is 0.493 e. The maximum Gasteiger partial charge on any atom is 0.251 e. The van der Waals surface area contributed by atoms with Gasteiger partial charge in [-0.3, -0.25) is 4.79 Å². The van der Waals surface area contributed by atoms with Crippen molar-refractivity contribution in [1.29, 1.82) is 0 Å². The lowest BCUT2D eigenvalue weighted by molar-refractivity contribution is 0.0512. The summed E-state index contributed by atoms with van der Waals surface area (Å²) in [5, 5.41) is 6.44. The van der Waals surface area contributed by atoms with Gasteiger partial charge in [0.05, 0.1) is 13.2 Å². The van der Waals surface area contributed by atoms with Crippen molar-refractivity contribution in [1.82, 2.24) is 10.6 Å². The maximum absolute atomic E-state index is 12.4. The van der Waals surface area contributed by atoms with Crippen molar-refractivity contribution in [3.8, 4) is 5.75 Å². The summed E-state index contributed by atoms with van der Waals surface area (Å²) in [6, 6.07) is 7.34. The smallest absolute Gasteiger partial charge is 0.251 e. The van der Waals surface area contributed by atoms with Crippen molar-refractivity contribution < 1.29 is 14.3 Å². The number of amides is 1. The number of hydrogen-bond donors (Lipinski definition) is 2. The van der Waals surface area contributed by atoms with Gasteiger partial charge in [0.25, 0.3) is 5.91 Å². The fourth-order valence-electron chi connectivity index (χ4n) is 2.97. The average molecular weight is 334 g/mol. The van der Waals surface area contributed by atoms with Gasteiger partial charge in [0.2, 0.25) is 0 Å². The Labute approximate surface area is 145 Å². The van der Waals surface area contributed by atoms with Crippen molar-refractivity contribution in [2.24, 2.45) is 11.3 Å². The predicted octanol–water partition coefficient (Wildman–Crippen LogP) is 2.47. The Hall–Kier alpha value is -1.59. The molecule has 5 nitrogen and oxygen atoms in total. The lowest BCUT2D eigenvalue weighted by atomic mass is 9.79. The number of ether oxygens (including phenoxy) is 2. The van der Waals surface area contributed by atoms with Gasteiger partial charge in [-0.05, 0) is 56.1 Å². The third-order valence-corrected chi connectivity index (χ3v) is 4.44. The molecule has 0 saturated carbocycles. The maximum atomic E-state index is 12.4. The summed E-state index contributed by atoms with van der Waals surface area (Å²) in [5.74, 6) is 1.24. The van der Waals surface area contributed by atoms with Gasteiger partial charge >= 0.3 is 0 Å². The second-order valence-corrected chi connectivity index (χ2v) is 7.09. The Morgan fingerprint density at radius 1 is 1.25 bits per heavy atom. The van der Waals surface area contributed by atoms with Crippen LogP contribution in [0, 0.1) is 11.3 Å². The van der Waals surface area contributed by atoms with Crippen LogP contribution in [0.15, 0.2) is 24.3 Å². The summed E-state index contributed by atoms with van der Waals surface area (Å²) in [6.45, 7) is 8.17. The van der Waals surface area contributed by atoms with Crippen LogP contribution in [0.5, 0.6) is 5.75 Å². The Balaban J connectivity index is 1.89. The Morgan fingerprint density at radius 2 is 1.92 bits per heavy atom. The van der Waals surface area contributed by atoms with Crippen LogP contribution in [-0.2, 0) is 4.74 Å². The Morgan fingerprint density at radius 3 is 2.50 bits per heavy atom. The molecule has 134 valence electrons. The molecule has 2 N–H and O–H groups in total. The van der Waals surface area contributed by atoms with E-state index < -0.39 is 0 Å². The van der Waals surface area contributed by atoms with Crippen LogP contribution in [0.4, 0.5) is 0 Å². The number of methoxy groups -OCH3 is 1. The van der Waals surface area contributed by atoms with E-state index in [2.05, 4.69) is 24.5 Å². The van der Waals surface area contributed by atoms with Gasteiger partial charge in [-0.15, -0.1) is 0 Å². The van der Waals surface area contributed by atoms with Gasteiger partial charge < -0.3 is 20.1 Å². The zero-order valence-electron chi connectivity index (χ0n) is 15.1.